The molecule has 180 valence electrons. The van der Waals surface area contributed by atoms with Gasteiger partial charge in [0.05, 0.1) is 42.3 Å². The van der Waals surface area contributed by atoms with Crippen LogP contribution in [0.2, 0.25) is 0 Å². The minimum atomic E-state index is -0.762. The summed E-state index contributed by atoms with van der Waals surface area (Å²) in [6.45, 7) is 4.55. The summed E-state index contributed by atoms with van der Waals surface area (Å²) in [6.07, 6.45) is 5.19. The second kappa shape index (κ2) is 11.6. The lowest BCUT2D eigenvalue weighted by Crippen LogP contribution is -2.29. The maximum Gasteiger partial charge on any atom is 0.407 e. The number of hydrogen-bond donors (Lipinski definition) is 2. The summed E-state index contributed by atoms with van der Waals surface area (Å²) in [7, 11) is 1.76. The lowest BCUT2D eigenvalue weighted by molar-refractivity contribution is -0.143. The Labute approximate surface area is 193 Å². The monoisotopic (exact) mass is 459 g/mol. The van der Waals surface area contributed by atoms with Crippen LogP contribution in [0.3, 0.4) is 0 Å². The fourth-order valence-corrected chi connectivity index (χ4v) is 3.96. The molecule has 1 saturated carbocycles. The van der Waals surface area contributed by atoms with Gasteiger partial charge in [-0.3, -0.25) is 4.79 Å². The number of pyridine rings is 1. The number of nitrogens with zero attached hydrogens (tertiary/aromatic N) is 4. The molecule has 2 heterocycles. The van der Waals surface area contributed by atoms with Crippen molar-refractivity contribution in [3.05, 3.63) is 23.5 Å². The van der Waals surface area contributed by atoms with Crippen molar-refractivity contribution >= 4 is 12.1 Å². The molecule has 0 spiro atoms. The third kappa shape index (κ3) is 6.66. The Morgan fingerprint density at radius 2 is 2.09 bits per heavy atom. The third-order valence-corrected chi connectivity index (χ3v) is 5.87. The van der Waals surface area contributed by atoms with Crippen LogP contribution in [0, 0.1) is 12.8 Å². The number of carboxylic acid groups (broad SMARTS) is 1. The maximum atomic E-state index is 12.0. The van der Waals surface area contributed by atoms with E-state index in [1.807, 2.05) is 13.0 Å². The third-order valence-electron chi connectivity index (χ3n) is 5.87. The topological polar surface area (TPSA) is 128 Å². The van der Waals surface area contributed by atoms with E-state index in [0.717, 1.165) is 32.1 Å². The highest BCUT2D eigenvalue weighted by Gasteiger charge is 2.28. The number of rotatable bonds is 10. The number of ether oxygens (including phenoxy) is 2. The van der Waals surface area contributed by atoms with Crippen LogP contribution in [-0.2, 0) is 23.1 Å². The highest BCUT2D eigenvalue weighted by Crippen LogP contribution is 2.30. The summed E-state index contributed by atoms with van der Waals surface area (Å²) >= 11 is 0. The van der Waals surface area contributed by atoms with Crippen molar-refractivity contribution in [2.24, 2.45) is 13.0 Å². The van der Waals surface area contributed by atoms with Crippen LogP contribution >= 0.6 is 0 Å². The molecule has 1 aliphatic carbocycles. The van der Waals surface area contributed by atoms with Crippen molar-refractivity contribution in [3.8, 4) is 17.1 Å². The Balaban J connectivity index is 1.64. The quantitative estimate of drug-likeness (QED) is 0.516. The Morgan fingerprint density at radius 3 is 2.82 bits per heavy atom. The average molecular weight is 460 g/mol. The van der Waals surface area contributed by atoms with Gasteiger partial charge in [0.25, 0.3) is 0 Å². The molecule has 1 aliphatic rings. The average Bonchev–Trinajstić information content (AvgIpc) is 3.17. The van der Waals surface area contributed by atoms with E-state index in [1.165, 1.54) is 0 Å². The Kier molecular flexibility index (Phi) is 8.62. The summed E-state index contributed by atoms with van der Waals surface area (Å²) in [4.78, 5) is 27.9. The number of hydrogen-bond acceptors (Lipinski definition) is 7. The zero-order valence-electron chi connectivity index (χ0n) is 19.5. The molecule has 0 radical (unpaired) electrons. The lowest BCUT2D eigenvalue weighted by Gasteiger charge is -2.27. The molecule has 2 aromatic heterocycles. The van der Waals surface area contributed by atoms with Gasteiger partial charge in [-0.25, -0.2) is 14.5 Å². The number of aliphatic carboxylic acids is 1. The number of nitrogens with one attached hydrogen (secondary N) is 1. The number of carboxylic acids is 1. The second-order valence-corrected chi connectivity index (χ2v) is 8.43. The first-order chi connectivity index (χ1) is 15.9. The number of aromatic nitrogens is 4. The normalized spacial score (nSPS) is 18.0. The van der Waals surface area contributed by atoms with Crippen LogP contribution in [0.5, 0.6) is 5.75 Å². The molecule has 10 nitrogen and oxygen atoms in total. The van der Waals surface area contributed by atoms with Crippen molar-refractivity contribution < 1.29 is 24.2 Å². The van der Waals surface area contributed by atoms with Gasteiger partial charge in [0.1, 0.15) is 11.4 Å². The Morgan fingerprint density at radius 1 is 1.27 bits per heavy atom. The Bertz CT molecular complexity index is 961. The van der Waals surface area contributed by atoms with E-state index in [2.05, 4.69) is 27.5 Å². The summed E-state index contributed by atoms with van der Waals surface area (Å²) < 4.78 is 12.9. The Hall–Kier alpha value is -3.17. The standard InChI is InChI=1S/C23H33N5O5/c1-4-5-6-12-32-23(31)24-14-19-21(26-27-28(19)3)18-10-11-20(15(2)25-18)33-17-9-7-8-16(13-17)22(29)30/h10-11,16-17H,4-9,12-14H2,1-3H3,(H,24,31)(H,29,30)/t16-,17-/m0/s1. The molecule has 0 aliphatic heterocycles. The first-order valence-corrected chi connectivity index (χ1v) is 11.6. The highest BCUT2D eigenvalue weighted by molar-refractivity contribution is 5.70. The number of carbonyl (C=O) groups is 2. The fourth-order valence-electron chi connectivity index (χ4n) is 3.96. The van der Waals surface area contributed by atoms with Crippen molar-refractivity contribution in [2.75, 3.05) is 6.61 Å². The van der Waals surface area contributed by atoms with Crippen LogP contribution in [0.15, 0.2) is 12.1 Å². The van der Waals surface area contributed by atoms with Gasteiger partial charge in [-0.15, -0.1) is 5.10 Å². The molecule has 33 heavy (non-hydrogen) atoms. The summed E-state index contributed by atoms with van der Waals surface area (Å²) in [5.41, 5.74) is 2.58. The number of unbranched alkanes of at least 4 members (excludes halogenated alkanes) is 2. The first kappa shape index (κ1) is 24.5. The molecule has 0 aromatic carbocycles. The minimum absolute atomic E-state index is 0.134. The predicted octanol–water partition coefficient (Wildman–Crippen LogP) is 3.62. The first-order valence-electron chi connectivity index (χ1n) is 11.6. The van der Waals surface area contributed by atoms with Crippen LogP contribution in [0.1, 0.15) is 63.3 Å². The smallest absolute Gasteiger partial charge is 0.407 e. The largest absolute Gasteiger partial charge is 0.489 e. The van der Waals surface area contributed by atoms with Crippen molar-refractivity contribution in [3.63, 3.8) is 0 Å². The lowest BCUT2D eigenvalue weighted by atomic mass is 9.87. The van der Waals surface area contributed by atoms with E-state index in [4.69, 9.17) is 9.47 Å². The van der Waals surface area contributed by atoms with Gasteiger partial charge in [-0.05, 0) is 51.2 Å². The molecular formula is C23H33N5O5. The number of amides is 1. The summed E-state index contributed by atoms with van der Waals surface area (Å²) in [5, 5.41) is 20.3. The van der Waals surface area contributed by atoms with Crippen molar-refractivity contribution in [2.45, 2.75) is 71.4 Å². The predicted molar refractivity (Wildman–Crippen MR) is 121 cm³/mol. The molecule has 10 heteroatoms. The molecular weight excluding hydrogens is 426 g/mol. The molecule has 0 saturated heterocycles. The van der Waals surface area contributed by atoms with Crippen LogP contribution in [0.25, 0.3) is 11.4 Å². The molecule has 2 aromatic rings. The van der Waals surface area contributed by atoms with Crippen LogP contribution in [-0.4, -0.2) is 49.9 Å². The van der Waals surface area contributed by atoms with Gasteiger partial charge >= 0.3 is 12.1 Å². The van der Waals surface area contributed by atoms with Crippen molar-refractivity contribution in [1.82, 2.24) is 25.3 Å². The van der Waals surface area contributed by atoms with E-state index in [1.54, 1.807) is 17.8 Å². The van der Waals surface area contributed by atoms with Gasteiger partial charge < -0.3 is 19.9 Å². The molecule has 1 amide bonds. The van der Waals surface area contributed by atoms with Crippen LogP contribution in [0.4, 0.5) is 4.79 Å². The number of alkyl carbamates (subject to hydrolysis) is 1. The number of aryl methyl sites for hydroxylation is 2. The van der Waals surface area contributed by atoms with E-state index < -0.39 is 12.1 Å². The van der Waals surface area contributed by atoms with E-state index in [0.29, 0.717) is 48.0 Å². The van der Waals surface area contributed by atoms with Gasteiger partial charge in [0.15, 0.2) is 0 Å². The summed E-state index contributed by atoms with van der Waals surface area (Å²) in [5.74, 6) is -0.486. The highest BCUT2D eigenvalue weighted by atomic mass is 16.5. The van der Waals surface area contributed by atoms with Gasteiger partial charge in [0.2, 0.25) is 0 Å². The fraction of sp³-hybridized carbons (Fsp3) is 0.609. The summed E-state index contributed by atoms with van der Waals surface area (Å²) in [6, 6.07) is 3.63. The van der Waals surface area contributed by atoms with Gasteiger partial charge in [-0.2, -0.15) is 0 Å². The second-order valence-electron chi connectivity index (χ2n) is 8.43. The molecule has 0 unspecified atom stereocenters. The molecule has 0 bridgehead atoms. The van der Waals surface area contributed by atoms with E-state index in [-0.39, 0.29) is 18.6 Å². The maximum absolute atomic E-state index is 12.0. The van der Waals surface area contributed by atoms with Gasteiger partial charge in [0, 0.05) is 7.05 Å². The zero-order chi connectivity index (χ0) is 23.8. The van der Waals surface area contributed by atoms with Gasteiger partial charge in [-0.1, -0.05) is 25.0 Å². The molecule has 1 fully saturated rings. The SMILES string of the molecule is CCCCCOC(=O)NCc1c(-c2ccc(O[C@H]3CCC[C@H](C(=O)O)C3)c(C)n2)nnn1C. The van der Waals surface area contributed by atoms with Crippen molar-refractivity contribution in [1.29, 1.82) is 0 Å². The molecule has 3 rings (SSSR count). The zero-order valence-corrected chi connectivity index (χ0v) is 19.5. The number of carbonyl (C=O) groups excluding carboxylic acids is 1. The van der Waals surface area contributed by atoms with E-state index >= 15 is 0 Å². The van der Waals surface area contributed by atoms with Crippen LogP contribution < -0.4 is 10.1 Å². The minimum Gasteiger partial charge on any atom is -0.489 e. The molecule has 2 atom stereocenters. The molecule has 2 N–H and O–H groups in total. The van der Waals surface area contributed by atoms with E-state index in [9.17, 15) is 14.7 Å².